The van der Waals surface area contributed by atoms with Crippen LogP contribution in [-0.4, -0.2) is 21.7 Å². The summed E-state index contributed by atoms with van der Waals surface area (Å²) in [7, 11) is 0. The highest BCUT2D eigenvalue weighted by Gasteiger charge is 2.10. The topological polar surface area (TPSA) is 54.9 Å². The third kappa shape index (κ3) is 4.67. The number of para-hydroxylation sites is 1. The third-order valence-electron chi connectivity index (χ3n) is 3.80. The molecule has 6 heteroatoms. The highest BCUT2D eigenvalue weighted by molar-refractivity contribution is 8.01. The van der Waals surface area contributed by atoms with E-state index in [1.54, 1.807) is 0 Å². The fraction of sp³-hybridized carbons (Fsp3) is 0.211. The molecule has 0 unspecified atom stereocenters. The highest BCUT2D eigenvalue weighted by atomic mass is 32.2. The monoisotopic (exact) mass is 369 g/mol. The molecule has 3 aromatic rings. The Kier molecular flexibility index (Phi) is 5.83. The predicted molar refractivity (Wildman–Crippen MR) is 105 cm³/mol. The summed E-state index contributed by atoms with van der Waals surface area (Å²) in [6.45, 7) is 4.15. The van der Waals surface area contributed by atoms with Gasteiger partial charge in [-0.3, -0.25) is 4.79 Å². The molecule has 3 rings (SSSR count). The molecule has 0 radical (unpaired) electrons. The second-order valence-electron chi connectivity index (χ2n) is 5.58. The van der Waals surface area contributed by atoms with Gasteiger partial charge in [-0.25, -0.2) is 0 Å². The molecule has 0 aliphatic carbocycles. The molecule has 1 heterocycles. The Morgan fingerprint density at radius 2 is 1.88 bits per heavy atom. The zero-order valence-electron chi connectivity index (χ0n) is 14.2. The molecule has 0 aliphatic rings. The zero-order valence-corrected chi connectivity index (χ0v) is 15.8. The van der Waals surface area contributed by atoms with E-state index in [-0.39, 0.29) is 5.78 Å². The normalized spacial score (nSPS) is 10.6. The van der Waals surface area contributed by atoms with Crippen LogP contribution in [0.4, 0.5) is 10.8 Å². The van der Waals surface area contributed by atoms with Crippen molar-refractivity contribution in [3.63, 3.8) is 0 Å². The summed E-state index contributed by atoms with van der Waals surface area (Å²) in [4.78, 5) is 12.3. The van der Waals surface area contributed by atoms with E-state index in [1.165, 1.54) is 28.7 Å². The first-order valence-electron chi connectivity index (χ1n) is 8.07. The van der Waals surface area contributed by atoms with Gasteiger partial charge in [-0.05, 0) is 30.5 Å². The number of Topliss-reactive ketones (excluding diaryl/α,β-unsaturated/α-hetero) is 1. The molecular weight excluding hydrogens is 350 g/mol. The van der Waals surface area contributed by atoms with E-state index >= 15 is 0 Å². The van der Waals surface area contributed by atoms with E-state index in [1.807, 2.05) is 55.5 Å². The molecular formula is C19H19N3OS2. The van der Waals surface area contributed by atoms with Gasteiger partial charge in [-0.1, -0.05) is 72.5 Å². The van der Waals surface area contributed by atoms with Crippen molar-refractivity contribution in [3.8, 4) is 0 Å². The lowest BCUT2D eigenvalue weighted by Gasteiger charge is -2.04. The number of nitrogens with zero attached hydrogens (tertiary/aromatic N) is 2. The number of benzene rings is 2. The molecule has 1 N–H and O–H groups in total. The van der Waals surface area contributed by atoms with Crippen molar-refractivity contribution in [2.24, 2.45) is 0 Å². The molecule has 0 fully saturated rings. The van der Waals surface area contributed by atoms with Crippen LogP contribution in [0.5, 0.6) is 0 Å². The van der Waals surface area contributed by atoms with Gasteiger partial charge in [0, 0.05) is 11.3 Å². The lowest BCUT2D eigenvalue weighted by Crippen LogP contribution is -2.02. The number of carbonyl (C=O) groups is 1. The number of thioether (sulfide) groups is 1. The van der Waals surface area contributed by atoms with Gasteiger partial charge >= 0.3 is 0 Å². The van der Waals surface area contributed by atoms with Gasteiger partial charge in [0.15, 0.2) is 10.1 Å². The van der Waals surface area contributed by atoms with Crippen molar-refractivity contribution >= 4 is 39.7 Å². The summed E-state index contributed by atoms with van der Waals surface area (Å²) < 4.78 is 0.787. The average molecular weight is 370 g/mol. The van der Waals surface area contributed by atoms with Crippen molar-refractivity contribution in [2.45, 2.75) is 24.6 Å². The number of carbonyl (C=O) groups excluding carboxylic acids is 1. The van der Waals surface area contributed by atoms with Gasteiger partial charge in [0.05, 0.1) is 5.75 Å². The van der Waals surface area contributed by atoms with Crippen LogP contribution in [0.25, 0.3) is 0 Å². The summed E-state index contributed by atoms with van der Waals surface area (Å²) in [5.74, 6) is 0.473. The Balaban J connectivity index is 1.58. The molecule has 0 amide bonds. The molecule has 4 nitrogen and oxygen atoms in total. The first-order valence-corrected chi connectivity index (χ1v) is 9.87. The maximum atomic E-state index is 12.3. The summed E-state index contributed by atoms with van der Waals surface area (Å²) >= 11 is 2.88. The van der Waals surface area contributed by atoms with Crippen molar-refractivity contribution < 1.29 is 4.79 Å². The number of rotatable bonds is 7. The summed E-state index contributed by atoms with van der Waals surface area (Å²) in [6, 6.07) is 15.8. The van der Waals surface area contributed by atoms with Crippen molar-refractivity contribution in [1.82, 2.24) is 10.2 Å². The minimum atomic E-state index is 0.108. The lowest BCUT2D eigenvalue weighted by atomic mass is 10.1. The number of hydrogen-bond donors (Lipinski definition) is 1. The summed E-state index contributed by atoms with van der Waals surface area (Å²) in [6.07, 6.45) is 0.977. The Hall–Kier alpha value is -2.18. The molecule has 0 bridgehead atoms. The van der Waals surface area contributed by atoms with Gasteiger partial charge < -0.3 is 5.32 Å². The van der Waals surface area contributed by atoms with Gasteiger partial charge in [0.25, 0.3) is 0 Å². The second kappa shape index (κ2) is 8.27. The smallest absolute Gasteiger partial charge is 0.210 e. The predicted octanol–water partition coefficient (Wildman–Crippen LogP) is 5.13. The number of nitrogens with one attached hydrogen (secondary N) is 1. The van der Waals surface area contributed by atoms with Gasteiger partial charge in [-0.15, -0.1) is 10.2 Å². The molecule has 0 saturated carbocycles. The van der Waals surface area contributed by atoms with Crippen LogP contribution >= 0.6 is 23.1 Å². The summed E-state index contributed by atoms with van der Waals surface area (Å²) in [5, 5.41) is 12.3. The van der Waals surface area contributed by atoms with Crippen LogP contribution in [0.15, 0.2) is 52.9 Å². The van der Waals surface area contributed by atoms with Crippen LogP contribution in [0.3, 0.4) is 0 Å². The molecule has 128 valence electrons. The molecule has 0 atom stereocenters. The first-order chi connectivity index (χ1) is 12.2. The fourth-order valence-electron chi connectivity index (χ4n) is 2.28. The van der Waals surface area contributed by atoms with E-state index in [0.717, 1.165) is 32.7 Å². The highest BCUT2D eigenvalue weighted by Crippen LogP contribution is 2.29. The van der Waals surface area contributed by atoms with E-state index in [0.29, 0.717) is 5.75 Å². The van der Waals surface area contributed by atoms with E-state index in [4.69, 9.17) is 0 Å². The van der Waals surface area contributed by atoms with Gasteiger partial charge in [0.1, 0.15) is 0 Å². The zero-order chi connectivity index (χ0) is 17.6. The molecule has 0 spiro atoms. The Morgan fingerprint density at radius 1 is 1.12 bits per heavy atom. The molecule has 0 saturated heterocycles. The van der Waals surface area contributed by atoms with Gasteiger partial charge in [-0.2, -0.15) is 0 Å². The minimum Gasteiger partial charge on any atom is -0.330 e. The van der Waals surface area contributed by atoms with E-state index in [9.17, 15) is 4.79 Å². The minimum absolute atomic E-state index is 0.108. The Morgan fingerprint density at radius 3 is 2.60 bits per heavy atom. The molecule has 0 aliphatic heterocycles. The van der Waals surface area contributed by atoms with Crippen LogP contribution in [0.1, 0.15) is 28.4 Å². The molecule has 1 aromatic heterocycles. The average Bonchev–Trinajstić information content (AvgIpc) is 3.09. The quantitative estimate of drug-likeness (QED) is 0.462. The SMILES string of the molecule is CCc1ccc(C(=O)CSc2nnc(Nc3ccccc3C)s2)cc1. The number of anilines is 2. The van der Waals surface area contributed by atoms with Crippen LogP contribution in [0.2, 0.25) is 0 Å². The largest absolute Gasteiger partial charge is 0.330 e. The number of ketones is 1. The second-order valence-corrected chi connectivity index (χ2v) is 7.78. The third-order valence-corrected chi connectivity index (χ3v) is 5.78. The van der Waals surface area contributed by atoms with Gasteiger partial charge in [0.2, 0.25) is 5.13 Å². The fourth-order valence-corrected chi connectivity index (χ4v) is 3.94. The van der Waals surface area contributed by atoms with E-state index in [2.05, 4.69) is 22.4 Å². The van der Waals surface area contributed by atoms with Crippen molar-refractivity contribution in [1.29, 1.82) is 0 Å². The molecule has 2 aromatic carbocycles. The first kappa shape index (κ1) is 17.6. The maximum Gasteiger partial charge on any atom is 0.210 e. The van der Waals surface area contributed by atoms with Crippen molar-refractivity contribution in [3.05, 3.63) is 65.2 Å². The molecule has 25 heavy (non-hydrogen) atoms. The number of aryl methyl sites for hydroxylation is 2. The Bertz CT molecular complexity index is 859. The van der Waals surface area contributed by atoms with Crippen LogP contribution < -0.4 is 5.32 Å². The number of hydrogen-bond acceptors (Lipinski definition) is 6. The number of aromatic nitrogens is 2. The van der Waals surface area contributed by atoms with Crippen LogP contribution in [0, 0.1) is 6.92 Å². The van der Waals surface area contributed by atoms with Crippen LogP contribution in [-0.2, 0) is 6.42 Å². The Labute approximate surface area is 155 Å². The maximum absolute atomic E-state index is 12.3. The summed E-state index contributed by atoms with van der Waals surface area (Å²) in [5.41, 5.74) is 4.15. The lowest BCUT2D eigenvalue weighted by molar-refractivity contribution is 0.102. The van der Waals surface area contributed by atoms with Crippen molar-refractivity contribution in [2.75, 3.05) is 11.1 Å². The van der Waals surface area contributed by atoms with E-state index < -0.39 is 0 Å². The standard InChI is InChI=1S/C19H19N3OS2/c1-3-14-8-10-15(11-9-14)17(23)12-24-19-22-21-18(25-19)20-16-7-5-4-6-13(16)2/h4-11H,3,12H2,1-2H3,(H,20,21).